The second-order valence-electron chi connectivity index (χ2n) is 5.11. The number of hydrogen-bond donors (Lipinski definition) is 2. The van der Waals surface area contributed by atoms with Crippen molar-refractivity contribution in [2.24, 2.45) is 5.92 Å². The molecule has 0 aliphatic carbocycles. The molecule has 1 rings (SSSR count). The molecular weight excluding hydrogens is 270 g/mol. The van der Waals surface area contributed by atoms with Crippen LogP contribution < -0.4 is 10.1 Å². The number of allylic oxidation sites excluding steroid dienone is 1. The Kier molecular flexibility index (Phi) is 6.46. The number of carbonyl (C=O) groups is 2. The van der Waals surface area contributed by atoms with Crippen LogP contribution in [0.5, 0.6) is 5.75 Å². The van der Waals surface area contributed by atoms with Crippen LogP contribution in [0.3, 0.4) is 0 Å². The maximum Gasteiger partial charge on any atom is 0.341 e. The summed E-state index contributed by atoms with van der Waals surface area (Å²) < 4.78 is 5.09. The Labute approximate surface area is 124 Å². The van der Waals surface area contributed by atoms with Gasteiger partial charge in [-0.25, -0.2) is 4.79 Å². The van der Waals surface area contributed by atoms with Gasteiger partial charge in [-0.2, -0.15) is 0 Å². The van der Waals surface area contributed by atoms with E-state index in [1.807, 2.05) is 19.9 Å². The molecule has 0 saturated heterocycles. The zero-order chi connectivity index (χ0) is 15.8. The minimum Gasteiger partial charge on any atom is -0.482 e. The summed E-state index contributed by atoms with van der Waals surface area (Å²) >= 11 is 0. The Morgan fingerprint density at radius 3 is 2.76 bits per heavy atom. The second kappa shape index (κ2) is 8.09. The lowest BCUT2D eigenvalue weighted by molar-refractivity contribution is -0.139. The molecule has 0 heterocycles. The fourth-order valence-electron chi connectivity index (χ4n) is 1.87. The van der Waals surface area contributed by atoms with Gasteiger partial charge < -0.3 is 15.2 Å². The summed E-state index contributed by atoms with van der Waals surface area (Å²) in [6.45, 7) is 7.55. The van der Waals surface area contributed by atoms with Crippen LogP contribution in [-0.4, -0.2) is 23.6 Å². The molecule has 0 radical (unpaired) electrons. The topological polar surface area (TPSA) is 75.6 Å². The molecular formula is C16H21NO4. The first kappa shape index (κ1) is 16.8. The maximum absolute atomic E-state index is 11.9. The molecule has 1 aromatic rings. The minimum atomic E-state index is -1.03. The van der Waals surface area contributed by atoms with Crippen LogP contribution in [0.2, 0.25) is 0 Å². The molecule has 0 saturated carbocycles. The number of carboxylic acids is 1. The van der Waals surface area contributed by atoms with Gasteiger partial charge in [0.05, 0.1) is 0 Å². The summed E-state index contributed by atoms with van der Waals surface area (Å²) in [7, 11) is 0. The zero-order valence-electron chi connectivity index (χ0n) is 12.4. The van der Waals surface area contributed by atoms with Gasteiger partial charge in [0, 0.05) is 12.5 Å². The minimum absolute atomic E-state index is 0.0325. The highest BCUT2D eigenvalue weighted by Gasteiger charge is 2.12. The first-order valence-corrected chi connectivity index (χ1v) is 6.74. The molecule has 0 spiro atoms. The molecule has 1 amide bonds. The number of nitrogens with one attached hydrogen (secondary N) is 1. The van der Waals surface area contributed by atoms with Crippen LogP contribution in [0.25, 0.3) is 0 Å². The van der Waals surface area contributed by atoms with Crippen molar-refractivity contribution in [3.63, 3.8) is 0 Å². The summed E-state index contributed by atoms with van der Waals surface area (Å²) in [4.78, 5) is 22.3. The normalized spacial score (nSPS) is 11.5. The number of amides is 1. The van der Waals surface area contributed by atoms with Gasteiger partial charge in [0.15, 0.2) is 6.61 Å². The highest BCUT2D eigenvalue weighted by molar-refractivity contribution is 5.78. The molecule has 1 atom stereocenters. The van der Waals surface area contributed by atoms with E-state index in [4.69, 9.17) is 9.84 Å². The van der Waals surface area contributed by atoms with E-state index >= 15 is 0 Å². The lowest BCUT2D eigenvalue weighted by atomic mass is 10.0. The van der Waals surface area contributed by atoms with E-state index in [-0.39, 0.29) is 18.4 Å². The molecule has 1 unspecified atom stereocenters. The van der Waals surface area contributed by atoms with Crippen LogP contribution >= 0.6 is 0 Å². The van der Waals surface area contributed by atoms with E-state index in [0.29, 0.717) is 18.7 Å². The van der Waals surface area contributed by atoms with E-state index in [1.54, 1.807) is 18.2 Å². The lowest BCUT2D eigenvalue weighted by Gasteiger charge is -2.12. The van der Waals surface area contributed by atoms with E-state index in [2.05, 4.69) is 11.9 Å². The Balaban J connectivity index is 2.51. The Morgan fingerprint density at radius 1 is 1.43 bits per heavy atom. The maximum atomic E-state index is 11.9. The van der Waals surface area contributed by atoms with E-state index in [1.165, 1.54) is 0 Å². The number of rotatable bonds is 8. The average Bonchev–Trinajstić information content (AvgIpc) is 2.42. The predicted octanol–water partition coefficient (Wildman–Crippen LogP) is 2.37. The largest absolute Gasteiger partial charge is 0.482 e. The molecule has 0 fully saturated rings. The second-order valence-corrected chi connectivity index (χ2v) is 5.11. The predicted molar refractivity (Wildman–Crippen MR) is 80.0 cm³/mol. The number of benzene rings is 1. The highest BCUT2D eigenvalue weighted by Crippen LogP contribution is 2.14. The van der Waals surface area contributed by atoms with Crippen molar-refractivity contribution >= 4 is 11.9 Å². The number of aliphatic carboxylic acids is 1. The summed E-state index contributed by atoms with van der Waals surface area (Å²) in [5, 5.41) is 11.4. The van der Waals surface area contributed by atoms with Crippen LogP contribution in [0.1, 0.15) is 25.8 Å². The Morgan fingerprint density at radius 2 is 2.14 bits per heavy atom. The summed E-state index contributed by atoms with van der Waals surface area (Å²) in [6.07, 6.45) is 0.660. The summed E-state index contributed by atoms with van der Waals surface area (Å²) in [6, 6.07) is 7.00. The van der Waals surface area contributed by atoms with Gasteiger partial charge in [-0.05, 0) is 31.0 Å². The third kappa shape index (κ3) is 6.61. The van der Waals surface area contributed by atoms with Gasteiger partial charge in [-0.15, -0.1) is 6.58 Å². The third-order valence-electron chi connectivity index (χ3n) is 2.83. The first-order valence-electron chi connectivity index (χ1n) is 6.74. The standard InChI is InChI=1S/C16H21NO4/c1-11(2)7-12(3)16(20)17-9-13-5-4-6-14(8-13)21-10-15(18)19/h4-6,8,12H,1,7,9-10H2,2-3H3,(H,17,20)(H,18,19). The zero-order valence-corrected chi connectivity index (χ0v) is 12.4. The van der Waals surface area contributed by atoms with Gasteiger partial charge >= 0.3 is 5.97 Å². The van der Waals surface area contributed by atoms with Crippen molar-refractivity contribution in [3.8, 4) is 5.75 Å². The van der Waals surface area contributed by atoms with Crippen molar-refractivity contribution in [1.82, 2.24) is 5.32 Å². The van der Waals surface area contributed by atoms with Gasteiger partial charge in [0.2, 0.25) is 5.91 Å². The van der Waals surface area contributed by atoms with Crippen molar-refractivity contribution in [1.29, 1.82) is 0 Å². The number of ether oxygens (including phenoxy) is 1. The van der Waals surface area contributed by atoms with E-state index in [9.17, 15) is 9.59 Å². The first-order chi connectivity index (χ1) is 9.88. The van der Waals surface area contributed by atoms with E-state index < -0.39 is 5.97 Å². The van der Waals surface area contributed by atoms with Crippen LogP contribution in [0.4, 0.5) is 0 Å². The van der Waals surface area contributed by atoms with Crippen molar-refractivity contribution in [2.45, 2.75) is 26.8 Å². The van der Waals surface area contributed by atoms with Crippen LogP contribution in [0, 0.1) is 5.92 Å². The SMILES string of the molecule is C=C(C)CC(C)C(=O)NCc1cccc(OCC(=O)O)c1. The third-order valence-corrected chi connectivity index (χ3v) is 2.83. The van der Waals surface area contributed by atoms with Crippen molar-refractivity contribution < 1.29 is 19.4 Å². The van der Waals surface area contributed by atoms with Gasteiger partial charge in [0.1, 0.15) is 5.75 Å². The van der Waals surface area contributed by atoms with Crippen molar-refractivity contribution in [3.05, 3.63) is 42.0 Å². The number of carboxylic acid groups (broad SMARTS) is 1. The van der Waals surface area contributed by atoms with Crippen LogP contribution in [0.15, 0.2) is 36.4 Å². The monoisotopic (exact) mass is 291 g/mol. The van der Waals surface area contributed by atoms with Gasteiger partial charge in [-0.3, -0.25) is 4.79 Å². The Bertz CT molecular complexity index is 525. The molecule has 21 heavy (non-hydrogen) atoms. The summed E-state index contributed by atoms with van der Waals surface area (Å²) in [5.74, 6) is -0.703. The molecule has 5 heteroatoms. The van der Waals surface area contributed by atoms with Crippen LogP contribution in [-0.2, 0) is 16.1 Å². The average molecular weight is 291 g/mol. The quantitative estimate of drug-likeness (QED) is 0.721. The lowest BCUT2D eigenvalue weighted by Crippen LogP contribution is -2.28. The van der Waals surface area contributed by atoms with Gasteiger partial charge in [0.25, 0.3) is 0 Å². The summed E-state index contributed by atoms with van der Waals surface area (Å²) in [5.41, 5.74) is 1.83. The number of hydrogen-bond acceptors (Lipinski definition) is 3. The van der Waals surface area contributed by atoms with E-state index in [0.717, 1.165) is 11.1 Å². The molecule has 114 valence electrons. The van der Waals surface area contributed by atoms with Crippen molar-refractivity contribution in [2.75, 3.05) is 6.61 Å². The highest BCUT2D eigenvalue weighted by atomic mass is 16.5. The molecule has 5 nitrogen and oxygen atoms in total. The molecule has 0 aliphatic heterocycles. The number of carbonyl (C=O) groups excluding carboxylic acids is 1. The van der Waals surface area contributed by atoms with Gasteiger partial charge in [-0.1, -0.05) is 24.6 Å². The molecule has 2 N–H and O–H groups in total. The fraction of sp³-hybridized carbons (Fsp3) is 0.375. The fourth-order valence-corrected chi connectivity index (χ4v) is 1.87. The smallest absolute Gasteiger partial charge is 0.341 e. The Hall–Kier alpha value is -2.30. The molecule has 1 aromatic carbocycles. The molecule has 0 aromatic heterocycles. The molecule has 0 bridgehead atoms. The molecule has 0 aliphatic rings.